The third-order valence-corrected chi connectivity index (χ3v) is 5.41. The second-order valence-electron chi connectivity index (χ2n) is 6.88. The maximum atomic E-state index is 10.6. The Morgan fingerprint density at radius 1 is 1.09 bits per heavy atom. The van der Waals surface area contributed by atoms with Gasteiger partial charge >= 0.3 is 0 Å². The standard InChI is InChI=1S/C18H27ClN2O2/c19-15-5-6-17(22)14(11-15)12-20-10-7-16(18(23)13-20)21-8-3-1-2-4-9-21/h5-6,11,16,18,22-23H,1-4,7-10,12-13H2/t16-,18-/m1/s1. The van der Waals surface area contributed by atoms with Crippen LogP contribution in [0.3, 0.4) is 0 Å². The fraction of sp³-hybridized carbons (Fsp3) is 0.667. The summed E-state index contributed by atoms with van der Waals surface area (Å²) in [5.74, 6) is 0.276. The van der Waals surface area contributed by atoms with Crippen molar-refractivity contribution in [3.8, 4) is 5.75 Å². The van der Waals surface area contributed by atoms with Crippen LogP contribution in [0.25, 0.3) is 0 Å². The molecule has 2 fully saturated rings. The molecule has 0 radical (unpaired) electrons. The molecule has 23 heavy (non-hydrogen) atoms. The van der Waals surface area contributed by atoms with Gasteiger partial charge in [-0.05, 0) is 50.6 Å². The summed E-state index contributed by atoms with van der Waals surface area (Å²) in [7, 11) is 0. The Labute approximate surface area is 143 Å². The zero-order chi connectivity index (χ0) is 16.2. The van der Waals surface area contributed by atoms with Gasteiger partial charge in [0.2, 0.25) is 0 Å². The highest BCUT2D eigenvalue weighted by atomic mass is 35.5. The molecule has 0 amide bonds. The van der Waals surface area contributed by atoms with Gasteiger partial charge in [0.05, 0.1) is 6.10 Å². The average molecular weight is 339 g/mol. The van der Waals surface area contributed by atoms with E-state index in [9.17, 15) is 10.2 Å². The number of rotatable bonds is 3. The smallest absolute Gasteiger partial charge is 0.120 e. The summed E-state index contributed by atoms with van der Waals surface area (Å²) in [6.07, 6.45) is 5.82. The minimum absolute atomic E-state index is 0.276. The molecule has 2 aliphatic heterocycles. The maximum Gasteiger partial charge on any atom is 0.120 e. The van der Waals surface area contributed by atoms with E-state index in [2.05, 4.69) is 9.80 Å². The summed E-state index contributed by atoms with van der Waals surface area (Å²) in [6, 6.07) is 5.43. The van der Waals surface area contributed by atoms with Gasteiger partial charge in [-0.1, -0.05) is 24.4 Å². The van der Waals surface area contributed by atoms with Crippen LogP contribution in [0.2, 0.25) is 5.02 Å². The molecular formula is C18H27ClN2O2. The molecule has 2 atom stereocenters. The first kappa shape index (κ1) is 17.0. The van der Waals surface area contributed by atoms with E-state index in [1.165, 1.54) is 25.7 Å². The Balaban J connectivity index is 1.58. The van der Waals surface area contributed by atoms with Crippen molar-refractivity contribution in [1.82, 2.24) is 9.80 Å². The molecule has 0 unspecified atom stereocenters. The van der Waals surface area contributed by atoms with Gasteiger partial charge in [-0.2, -0.15) is 0 Å². The number of phenols is 1. The van der Waals surface area contributed by atoms with Crippen molar-refractivity contribution < 1.29 is 10.2 Å². The lowest BCUT2D eigenvalue weighted by Crippen LogP contribution is -2.54. The lowest BCUT2D eigenvalue weighted by atomic mass is 9.99. The molecule has 5 heteroatoms. The molecular weight excluding hydrogens is 312 g/mol. The van der Waals surface area contributed by atoms with Crippen LogP contribution in [0.1, 0.15) is 37.7 Å². The van der Waals surface area contributed by atoms with Gasteiger partial charge in [0, 0.05) is 36.3 Å². The number of benzene rings is 1. The van der Waals surface area contributed by atoms with E-state index in [-0.39, 0.29) is 17.9 Å². The van der Waals surface area contributed by atoms with Gasteiger partial charge in [0.1, 0.15) is 5.75 Å². The van der Waals surface area contributed by atoms with Gasteiger partial charge in [0.25, 0.3) is 0 Å². The lowest BCUT2D eigenvalue weighted by molar-refractivity contribution is -0.0145. The third-order valence-electron chi connectivity index (χ3n) is 5.18. The molecule has 4 nitrogen and oxygen atoms in total. The van der Waals surface area contributed by atoms with Crippen LogP contribution in [0.4, 0.5) is 0 Å². The van der Waals surface area contributed by atoms with Crippen molar-refractivity contribution in [3.05, 3.63) is 28.8 Å². The highest BCUT2D eigenvalue weighted by molar-refractivity contribution is 6.30. The van der Waals surface area contributed by atoms with Crippen molar-refractivity contribution in [2.45, 2.75) is 50.8 Å². The van der Waals surface area contributed by atoms with E-state index < -0.39 is 0 Å². The Morgan fingerprint density at radius 2 is 1.83 bits per heavy atom. The largest absolute Gasteiger partial charge is 0.508 e. The fourth-order valence-electron chi connectivity index (χ4n) is 3.90. The predicted molar refractivity (Wildman–Crippen MR) is 92.8 cm³/mol. The van der Waals surface area contributed by atoms with Crippen molar-refractivity contribution in [2.75, 3.05) is 26.2 Å². The van der Waals surface area contributed by atoms with Crippen LogP contribution < -0.4 is 0 Å². The van der Waals surface area contributed by atoms with Crippen molar-refractivity contribution in [2.24, 2.45) is 0 Å². The lowest BCUT2D eigenvalue weighted by Gasteiger charge is -2.41. The van der Waals surface area contributed by atoms with E-state index in [1.807, 2.05) is 6.07 Å². The highest BCUT2D eigenvalue weighted by Gasteiger charge is 2.32. The van der Waals surface area contributed by atoms with Gasteiger partial charge in [-0.15, -0.1) is 0 Å². The van der Waals surface area contributed by atoms with E-state index in [4.69, 9.17) is 11.6 Å². The number of halogens is 1. The molecule has 0 spiro atoms. The number of hydrogen-bond donors (Lipinski definition) is 2. The average Bonchev–Trinajstić information content (AvgIpc) is 2.80. The third kappa shape index (κ3) is 4.38. The van der Waals surface area contributed by atoms with Crippen LogP contribution in [-0.2, 0) is 6.54 Å². The molecule has 2 N–H and O–H groups in total. The van der Waals surface area contributed by atoms with Crippen LogP contribution in [0, 0.1) is 0 Å². The Morgan fingerprint density at radius 3 is 2.52 bits per heavy atom. The SMILES string of the molecule is Oc1ccc(Cl)cc1CN1CC[C@@H](N2CCCCCC2)[C@H](O)C1. The minimum atomic E-state index is -0.317. The van der Waals surface area contributed by atoms with E-state index in [1.54, 1.807) is 12.1 Å². The molecule has 0 aliphatic carbocycles. The van der Waals surface area contributed by atoms with Gasteiger partial charge < -0.3 is 10.2 Å². The van der Waals surface area contributed by atoms with E-state index in [0.717, 1.165) is 31.6 Å². The number of phenolic OH excluding ortho intramolecular Hbond substituents is 1. The van der Waals surface area contributed by atoms with Gasteiger partial charge in [-0.25, -0.2) is 0 Å². The molecule has 128 valence electrons. The summed E-state index contributed by atoms with van der Waals surface area (Å²) in [5, 5.41) is 21.2. The first-order chi connectivity index (χ1) is 11.1. The van der Waals surface area contributed by atoms with E-state index in [0.29, 0.717) is 18.1 Å². The first-order valence-electron chi connectivity index (χ1n) is 8.75. The number of β-amino-alcohol motifs (C(OH)–C–C–N with tert-alkyl or cyclic N) is 1. The molecule has 2 saturated heterocycles. The molecule has 1 aromatic rings. The summed E-state index contributed by atoms with van der Waals surface area (Å²) < 4.78 is 0. The summed E-state index contributed by atoms with van der Waals surface area (Å²) >= 11 is 6.02. The van der Waals surface area contributed by atoms with Crippen molar-refractivity contribution in [1.29, 1.82) is 0 Å². The summed E-state index contributed by atoms with van der Waals surface area (Å²) in [6.45, 7) is 4.49. The second-order valence-corrected chi connectivity index (χ2v) is 7.32. The van der Waals surface area contributed by atoms with Crippen molar-refractivity contribution in [3.63, 3.8) is 0 Å². The number of hydrogen-bond acceptors (Lipinski definition) is 4. The van der Waals surface area contributed by atoms with Crippen LogP contribution in [-0.4, -0.2) is 58.3 Å². The van der Waals surface area contributed by atoms with Crippen LogP contribution >= 0.6 is 11.6 Å². The number of likely N-dealkylation sites (tertiary alicyclic amines) is 2. The number of aromatic hydroxyl groups is 1. The molecule has 1 aromatic carbocycles. The number of nitrogens with zero attached hydrogens (tertiary/aromatic N) is 2. The van der Waals surface area contributed by atoms with E-state index >= 15 is 0 Å². The molecule has 2 aliphatic rings. The Hall–Kier alpha value is -0.810. The topological polar surface area (TPSA) is 46.9 Å². The summed E-state index contributed by atoms with van der Waals surface area (Å²) in [5.41, 5.74) is 0.831. The monoisotopic (exact) mass is 338 g/mol. The Kier molecular flexibility index (Phi) is 5.81. The zero-order valence-electron chi connectivity index (χ0n) is 13.6. The second kappa shape index (κ2) is 7.84. The fourth-order valence-corrected chi connectivity index (χ4v) is 4.10. The van der Waals surface area contributed by atoms with Crippen molar-refractivity contribution >= 4 is 11.6 Å². The molecule has 0 aromatic heterocycles. The molecule has 0 bridgehead atoms. The zero-order valence-corrected chi connectivity index (χ0v) is 14.4. The number of aliphatic hydroxyl groups excluding tert-OH is 1. The quantitative estimate of drug-likeness (QED) is 0.889. The van der Waals surface area contributed by atoms with Crippen LogP contribution in [0.5, 0.6) is 5.75 Å². The normalized spacial score (nSPS) is 27.7. The molecule has 0 saturated carbocycles. The Bertz CT molecular complexity index is 518. The minimum Gasteiger partial charge on any atom is -0.508 e. The number of piperidine rings is 1. The van der Waals surface area contributed by atoms with Crippen LogP contribution in [0.15, 0.2) is 18.2 Å². The molecule has 2 heterocycles. The predicted octanol–water partition coefficient (Wildman–Crippen LogP) is 2.86. The maximum absolute atomic E-state index is 10.6. The van der Waals surface area contributed by atoms with Gasteiger partial charge in [0.15, 0.2) is 0 Å². The number of aliphatic hydroxyl groups is 1. The van der Waals surface area contributed by atoms with Gasteiger partial charge in [-0.3, -0.25) is 9.80 Å². The summed E-state index contributed by atoms with van der Waals surface area (Å²) in [4.78, 5) is 4.70. The molecule has 3 rings (SSSR count). The highest BCUT2D eigenvalue weighted by Crippen LogP contribution is 2.26. The first-order valence-corrected chi connectivity index (χ1v) is 9.13.